The smallest absolute Gasteiger partial charge is 0.166 e. The zero-order chi connectivity index (χ0) is 25.4. The highest BCUT2D eigenvalue weighted by Crippen LogP contribution is 2.40. The van der Waals surface area contributed by atoms with Crippen molar-refractivity contribution in [2.75, 3.05) is 6.61 Å². The molecular formula is C30H28F4O2. The van der Waals surface area contributed by atoms with Crippen molar-refractivity contribution in [3.05, 3.63) is 94.1 Å². The molecular weight excluding hydrogens is 468 g/mol. The molecule has 5 rings (SSSR count). The molecule has 0 radical (unpaired) electrons. The molecule has 0 bridgehead atoms. The minimum absolute atomic E-state index is 0.0489. The lowest BCUT2D eigenvalue weighted by molar-refractivity contribution is 0.0964. The predicted octanol–water partition coefficient (Wildman–Crippen LogP) is 7.81. The second kappa shape index (κ2) is 10.2. The molecule has 3 aromatic carbocycles. The predicted molar refractivity (Wildman–Crippen MR) is 132 cm³/mol. The molecule has 3 aromatic rings. The Bertz CT molecular complexity index is 1270. The van der Waals surface area contributed by atoms with Gasteiger partial charge in [0, 0.05) is 16.7 Å². The Labute approximate surface area is 208 Å². The van der Waals surface area contributed by atoms with Gasteiger partial charge in [-0.3, -0.25) is 0 Å². The number of rotatable bonds is 6. The normalized spacial score (nSPS) is 22.7. The van der Waals surface area contributed by atoms with Crippen molar-refractivity contribution >= 4 is 12.2 Å². The van der Waals surface area contributed by atoms with Crippen molar-refractivity contribution in [1.29, 1.82) is 0 Å². The Morgan fingerprint density at radius 2 is 1.42 bits per heavy atom. The van der Waals surface area contributed by atoms with Crippen LogP contribution in [-0.4, -0.2) is 17.8 Å². The molecule has 0 spiro atoms. The largest absolute Gasteiger partial charge is 0.393 e. The minimum atomic E-state index is -0.923. The van der Waals surface area contributed by atoms with Crippen molar-refractivity contribution in [2.24, 2.45) is 5.92 Å². The number of halogens is 4. The molecule has 0 amide bonds. The van der Waals surface area contributed by atoms with E-state index in [0.717, 1.165) is 25.7 Å². The summed E-state index contributed by atoms with van der Waals surface area (Å²) in [5, 5.41) is 9.79. The van der Waals surface area contributed by atoms with E-state index in [-0.39, 0.29) is 40.7 Å². The zero-order valence-corrected chi connectivity index (χ0v) is 20.0. The van der Waals surface area contributed by atoms with Crippen molar-refractivity contribution in [1.82, 2.24) is 0 Å². The number of epoxide rings is 1. The molecule has 1 aliphatic heterocycles. The molecule has 0 aromatic heterocycles. The third-order valence-electron chi connectivity index (χ3n) is 7.51. The maximum Gasteiger partial charge on any atom is 0.166 e. The summed E-state index contributed by atoms with van der Waals surface area (Å²) in [5.74, 6) is -3.33. The van der Waals surface area contributed by atoms with Crippen LogP contribution in [0.4, 0.5) is 17.6 Å². The van der Waals surface area contributed by atoms with Gasteiger partial charge in [-0.25, -0.2) is 17.6 Å². The number of hydrogen-bond donors (Lipinski definition) is 1. The van der Waals surface area contributed by atoms with Gasteiger partial charge in [0.05, 0.1) is 12.7 Å². The van der Waals surface area contributed by atoms with Gasteiger partial charge in [0.25, 0.3) is 0 Å². The number of hydrogen-bond acceptors (Lipinski definition) is 2. The molecule has 1 aliphatic carbocycles. The molecule has 2 atom stereocenters. The maximum atomic E-state index is 15.0. The Morgan fingerprint density at radius 1 is 0.778 bits per heavy atom. The first kappa shape index (κ1) is 24.7. The highest BCUT2D eigenvalue weighted by atomic mass is 19.2. The number of ether oxygens (including phenoxy) is 1. The number of aliphatic hydroxyl groups excluding tert-OH is 1. The molecule has 1 saturated heterocycles. The Morgan fingerprint density at radius 3 is 2.06 bits per heavy atom. The number of aliphatic hydroxyl groups is 1. The van der Waals surface area contributed by atoms with Gasteiger partial charge in [0.2, 0.25) is 0 Å². The topological polar surface area (TPSA) is 32.8 Å². The van der Waals surface area contributed by atoms with E-state index in [1.807, 2.05) is 0 Å². The highest BCUT2D eigenvalue weighted by molar-refractivity contribution is 5.73. The molecule has 2 fully saturated rings. The van der Waals surface area contributed by atoms with Crippen molar-refractivity contribution in [3.8, 4) is 11.1 Å². The molecule has 1 N–H and O–H groups in total. The fraction of sp³-hybridized carbons (Fsp3) is 0.333. The average Bonchev–Trinajstić information content (AvgIpc) is 3.72. The van der Waals surface area contributed by atoms with Crippen molar-refractivity contribution in [3.63, 3.8) is 0 Å². The Hall–Kier alpha value is -2.96. The van der Waals surface area contributed by atoms with Crippen LogP contribution in [-0.2, 0) is 4.74 Å². The zero-order valence-electron chi connectivity index (χ0n) is 20.0. The maximum absolute atomic E-state index is 15.0. The van der Waals surface area contributed by atoms with Crippen LogP contribution in [0, 0.1) is 29.2 Å². The Kier molecular flexibility index (Phi) is 7.00. The monoisotopic (exact) mass is 496 g/mol. The molecule has 2 unspecified atom stereocenters. The van der Waals surface area contributed by atoms with Gasteiger partial charge >= 0.3 is 0 Å². The SMILES string of the molecule is CC(O)C1CCC(c2ccc(-c3ccc(/C=C/c4ccc(C5CO5)c(F)c4F)cc3)c(F)c2F)CC1. The fourth-order valence-electron chi connectivity index (χ4n) is 5.16. The van der Waals surface area contributed by atoms with Crippen LogP contribution in [0.2, 0.25) is 0 Å². The lowest BCUT2D eigenvalue weighted by Crippen LogP contribution is -2.23. The summed E-state index contributed by atoms with van der Waals surface area (Å²) in [6, 6.07) is 13.1. The van der Waals surface area contributed by atoms with Crippen LogP contribution in [0.1, 0.15) is 66.9 Å². The third kappa shape index (κ3) is 4.97. The first-order valence-corrected chi connectivity index (χ1v) is 12.4. The standard InChI is InChI=1S/C30H28F4O2/c1-17(35)19-8-10-21(11-9-19)24-15-14-23(28(32)29(24)33)20-5-2-18(3-6-20)4-7-22-12-13-25(26-16-36-26)30(34)27(22)31/h2-7,12-15,17,19,21,26,35H,8-11,16H2,1H3/b7-4+. The van der Waals surface area contributed by atoms with Crippen molar-refractivity contribution < 1.29 is 27.4 Å². The first-order chi connectivity index (χ1) is 17.3. The van der Waals surface area contributed by atoms with E-state index < -0.39 is 23.3 Å². The number of benzene rings is 3. The lowest BCUT2D eigenvalue weighted by Gasteiger charge is -2.30. The van der Waals surface area contributed by atoms with Gasteiger partial charge in [0.15, 0.2) is 23.3 Å². The molecule has 1 heterocycles. The molecule has 188 valence electrons. The summed E-state index contributed by atoms with van der Waals surface area (Å²) < 4.78 is 63.7. The summed E-state index contributed by atoms with van der Waals surface area (Å²) in [5.41, 5.74) is 2.15. The van der Waals surface area contributed by atoms with Gasteiger partial charge in [0.1, 0.15) is 6.10 Å². The Balaban J connectivity index is 1.30. The van der Waals surface area contributed by atoms with E-state index in [2.05, 4.69) is 0 Å². The van der Waals surface area contributed by atoms with Crippen molar-refractivity contribution in [2.45, 2.75) is 50.7 Å². The van der Waals surface area contributed by atoms with Crippen LogP contribution in [0.25, 0.3) is 23.3 Å². The highest BCUT2D eigenvalue weighted by Gasteiger charge is 2.30. The molecule has 1 saturated carbocycles. The average molecular weight is 497 g/mol. The summed E-state index contributed by atoms with van der Waals surface area (Å²) in [6.07, 6.45) is 5.43. The van der Waals surface area contributed by atoms with E-state index in [1.165, 1.54) is 18.2 Å². The van der Waals surface area contributed by atoms with Crippen LogP contribution in [0.3, 0.4) is 0 Å². The van der Waals surface area contributed by atoms with E-state index in [0.29, 0.717) is 23.3 Å². The van der Waals surface area contributed by atoms with E-state index in [9.17, 15) is 13.9 Å². The molecule has 36 heavy (non-hydrogen) atoms. The van der Waals surface area contributed by atoms with Crippen LogP contribution in [0.15, 0.2) is 48.5 Å². The summed E-state index contributed by atoms with van der Waals surface area (Å²) in [6.45, 7) is 2.18. The van der Waals surface area contributed by atoms with Crippen LogP contribution >= 0.6 is 0 Å². The fourth-order valence-corrected chi connectivity index (χ4v) is 5.16. The minimum Gasteiger partial charge on any atom is -0.393 e. The van der Waals surface area contributed by atoms with Gasteiger partial charge in [-0.2, -0.15) is 0 Å². The van der Waals surface area contributed by atoms with Gasteiger partial charge < -0.3 is 9.84 Å². The van der Waals surface area contributed by atoms with E-state index in [4.69, 9.17) is 4.74 Å². The second-order valence-corrected chi connectivity index (χ2v) is 9.83. The summed E-state index contributed by atoms with van der Waals surface area (Å²) in [7, 11) is 0. The molecule has 2 nitrogen and oxygen atoms in total. The summed E-state index contributed by atoms with van der Waals surface area (Å²) >= 11 is 0. The van der Waals surface area contributed by atoms with Gasteiger partial charge in [-0.15, -0.1) is 0 Å². The lowest BCUT2D eigenvalue weighted by atomic mass is 9.76. The quantitative estimate of drug-likeness (QED) is 0.215. The van der Waals surface area contributed by atoms with Gasteiger partial charge in [-0.05, 0) is 61.1 Å². The van der Waals surface area contributed by atoms with E-state index >= 15 is 8.78 Å². The first-order valence-electron chi connectivity index (χ1n) is 12.4. The van der Waals surface area contributed by atoms with Crippen LogP contribution < -0.4 is 0 Å². The van der Waals surface area contributed by atoms with Crippen LogP contribution in [0.5, 0.6) is 0 Å². The summed E-state index contributed by atoms with van der Waals surface area (Å²) in [4.78, 5) is 0. The molecule has 6 heteroatoms. The van der Waals surface area contributed by atoms with Gasteiger partial charge in [-0.1, -0.05) is 60.7 Å². The second-order valence-electron chi connectivity index (χ2n) is 9.83. The third-order valence-corrected chi connectivity index (χ3v) is 7.51. The molecule has 2 aliphatic rings. The van der Waals surface area contributed by atoms with E-state index in [1.54, 1.807) is 49.4 Å².